The van der Waals surface area contributed by atoms with Crippen LogP contribution in [0, 0.1) is 11.3 Å². The van der Waals surface area contributed by atoms with Gasteiger partial charge in [-0.3, -0.25) is 19.0 Å². The molecule has 2 aliphatic heterocycles. The van der Waals surface area contributed by atoms with Crippen LogP contribution in [-0.4, -0.2) is 68.5 Å². The van der Waals surface area contributed by atoms with E-state index in [0.29, 0.717) is 18.7 Å². The van der Waals surface area contributed by atoms with Gasteiger partial charge in [0.1, 0.15) is 12.1 Å². The fourth-order valence-electron chi connectivity index (χ4n) is 4.10. The van der Waals surface area contributed by atoms with Crippen molar-refractivity contribution in [3.63, 3.8) is 0 Å². The van der Waals surface area contributed by atoms with Crippen molar-refractivity contribution in [3.05, 3.63) is 23.5 Å². The standard InChI is InChI=1S/C20H31N5O5S/c1-6-14-16(25-10-9-13(11-25)20(2,3)19(26)27)8-7-15(21-14)18-17(24(4)23-22-18)12-30-31(5,28)29/h7-8,13,17-18H,6,9-12H2,1-5H3,(H,26,27)/t13-,17?,18?/m1/s1. The Balaban J connectivity index is 1.80. The van der Waals surface area contributed by atoms with Crippen LogP contribution in [0.3, 0.4) is 0 Å². The SMILES string of the molecule is CCc1nc(C2N=NN(C)C2COS(C)(=O)=O)ccc1N1CC[C@@H](C(C)(C)C(=O)O)C1. The third-order valence-corrected chi connectivity index (χ3v) is 6.89. The van der Waals surface area contributed by atoms with Crippen LogP contribution in [0.5, 0.6) is 0 Å². The van der Waals surface area contributed by atoms with Gasteiger partial charge in [0, 0.05) is 20.1 Å². The quantitative estimate of drug-likeness (QED) is 0.594. The van der Waals surface area contributed by atoms with Gasteiger partial charge in [-0.1, -0.05) is 12.1 Å². The number of likely N-dealkylation sites (N-methyl/N-ethyl adjacent to an activating group) is 1. The number of aliphatic carboxylic acids is 1. The first-order chi connectivity index (χ1) is 14.4. The molecule has 11 heteroatoms. The van der Waals surface area contributed by atoms with E-state index in [1.807, 2.05) is 19.1 Å². The van der Waals surface area contributed by atoms with Crippen LogP contribution >= 0.6 is 0 Å². The summed E-state index contributed by atoms with van der Waals surface area (Å²) in [6.45, 7) is 6.99. The molecule has 172 valence electrons. The van der Waals surface area contributed by atoms with Crippen LogP contribution in [0.4, 0.5) is 5.69 Å². The van der Waals surface area contributed by atoms with Gasteiger partial charge < -0.3 is 10.0 Å². The predicted molar refractivity (Wildman–Crippen MR) is 115 cm³/mol. The average Bonchev–Trinajstić information content (AvgIpc) is 3.32. The fraction of sp³-hybridized carbons (Fsp3) is 0.700. The second-order valence-electron chi connectivity index (χ2n) is 8.79. The Kier molecular flexibility index (Phi) is 6.56. The number of aryl methyl sites for hydroxylation is 1. The van der Waals surface area contributed by atoms with Crippen molar-refractivity contribution in [1.29, 1.82) is 0 Å². The van der Waals surface area contributed by atoms with E-state index < -0.39 is 27.5 Å². The van der Waals surface area contributed by atoms with Crippen molar-refractivity contribution in [2.45, 2.75) is 45.7 Å². The van der Waals surface area contributed by atoms with Crippen LogP contribution in [0.2, 0.25) is 0 Å². The minimum absolute atomic E-state index is 0.0594. The maximum atomic E-state index is 11.6. The summed E-state index contributed by atoms with van der Waals surface area (Å²) in [4.78, 5) is 18.7. The molecule has 0 bridgehead atoms. The van der Waals surface area contributed by atoms with Crippen molar-refractivity contribution in [2.24, 2.45) is 21.7 Å². The van der Waals surface area contributed by atoms with E-state index in [-0.39, 0.29) is 18.6 Å². The van der Waals surface area contributed by atoms with E-state index in [2.05, 4.69) is 15.2 Å². The Hall–Kier alpha value is -2.27. The highest BCUT2D eigenvalue weighted by molar-refractivity contribution is 7.85. The van der Waals surface area contributed by atoms with Crippen molar-refractivity contribution >= 4 is 21.8 Å². The number of hydrogen-bond acceptors (Lipinski definition) is 9. The summed E-state index contributed by atoms with van der Waals surface area (Å²) in [7, 11) is -1.85. The monoisotopic (exact) mass is 453 g/mol. The highest BCUT2D eigenvalue weighted by Gasteiger charge is 2.41. The Morgan fingerprint density at radius 1 is 1.35 bits per heavy atom. The second-order valence-corrected chi connectivity index (χ2v) is 10.4. The first kappa shape index (κ1) is 23.4. The zero-order chi connectivity index (χ0) is 23.0. The van der Waals surface area contributed by atoms with Crippen LogP contribution in [0.15, 0.2) is 22.5 Å². The number of carboxylic acid groups (broad SMARTS) is 1. The zero-order valence-corrected chi connectivity index (χ0v) is 19.5. The predicted octanol–water partition coefficient (Wildman–Crippen LogP) is 2.28. The van der Waals surface area contributed by atoms with E-state index in [0.717, 1.165) is 30.6 Å². The maximum Gasteiger partial charge on any atom is 0.309 e. The highest BCUT2D eigenvalue weighted by Crippen LogP contribution is 2.38. The van der Waals surface area contributed by atoms with Gasteiger partial charge in [-0.2, -0.15) is 13.5 Å². The number of pyridine rings is 1. The van der Waals surface area contributed by atoms with Gasteiger partial charge in [-0.05, 0) is 44.7 Å². The molecule has 10 nitrogen and oxygen atoms in total. The number of nitrogens with zero attached hydrogens (tertiary/aromatic N) is 5. The molecule has 0 aromatic carbocycles. The normalized spacial score (nSPS) is 24.2. The van der Waals surface area contributed by atoms with Crippen LogP contribution < -0.4 is 4.90 Å². The Morgan fingerprint density at radius 3 is 2.68 bits per heavy atom. The van der Waals surface area contributed by atoms with Gasteiger partial charge in [0.2, 0.25) is 0 Å². The van der Waals surface area contributed by atoms with E-state index in [1.54, 1.807) is 25.9 Å². The lowest BCUT2D eigenvalue weighted by atomic mass is 9.78. The van der Waals surface area contributed by atoms with Crippen molar-refractivity contribution in [2.75, 3.05) is 37.9 Å². The third-order valence-electron chi connectivity index (χ3n) is 6.32. The van der Waals surface area contributed by atoms with Crippen LogP contribution in [0.1, 0.15) is 44.6 Å². The molecule has 3 rings (SSSR count). The number of carbonyl (C=O) groups is 1. The number of hydrogen-bond donors (Lipinski definition) is 1. The van der Waals surface area contributed by atoms with E-state index in [1.165, 1.54) is 0 Å². The molecule has 1 saturated heterocycles. The molecule has 0 amide bonds. The van der Waals surface area contributed by atoms with Gasteiger partial charge in [-0.25, -0.2) is 0 Å². The molecule has 1 aromatic heterocycles. The van der Waals surface area contributed by atoms with Gasteiger partial charge in [0.05, 0.1) is 35.4 Å². The van der Waals surface area contributed by atoms with Crippen LogP contribution in [-0.2, 0) is 25.5 Å². The van der Waals surface area contributed by atoms with E-state index in [9.17, 15) is 18.3 Å². The minimum Gasteiger partial charge on any atom is -0.481 e. The Morgan fingerprint density at radius 2 is 2.06 bits per heavy atom. The number of carboxylic acids is 1. The molecular formula is C20H31N5O5S. The molecule has 3 atom stereocenters. The molecule has 0 spiro atoms. The van der Waals surface area contributed by atoms with Crippen LogP contribution in [0.25, 0.3) is 0 Å². The summed E-state index contributed by atoms with van der Waals surface area (Å²) in [6.07, 6.45) is 2.54. The lowest BCUT2D eigenvalue weighted by Crippen LogP contribution is -2.35. The second kappa shape index (κ2) is 8.70. The molecule has 0 aliphatic carbocycles. The molecule has 1 N–H and O–H groups in total. The van der Waals surface area contributed by atoms with Crippen molar-refractivity contribution in [3.8, 4) is 0 Å². The fourth-order valence-corrected chi connectivity index (χ4v) is 4.49. The van der Waals surface area contributed by atoms with Gasteiger partial charge in [-0.15, -0.1) is 0 Å². The number of aromatic nitrogens is 1. The Labute approximate surface area is 183 Å². The largest absolute Gasteiger partial charge is 0.481 e. The Bertz CT molecular complexity index is 965. The average molecular weight is 454 g/mol. The smallest absolute Gasteiger partial charge is 0.309 e. The van der Waals surface area contributed by atoms with E-state index in [4.69, 9.17) is 9.17 Å². The summed E-state index contributed by atoms with van der Waals surface area (Å²) >= 11 is 0. The molecule has 2 unspecified atom stereocenters. The molecule has 1 aromatic rings. The summed E-state index contributed by atoms with van der Waals surface area (Å²) < 4.78 is 27.8. The topological polar surface area (TPSA) is 125 Å². The minimum atomic E-state index is -3.57. The first-order valence-corrected chi connectivity index (χ1v) is 12.2. The van der Waals surface area contributed by atoms with Gasteiger partial charge in [0.25, 0.3) is 10.1 Å². The molecule has 1 fully saturated rings. The number of rotatable bonds is 8. The van der Waals surface area contributed by atoms with Crippen molar-refractivity contribution in [1.82, 2.24) is 9.99 Å². The third kappa shape index (κ3) is 4.98. The van der Waals surface area contributed by atoms with Gasteiger partial charge >= 0.3 is 5.97 Å². The number of anilines is 1. The summed E-state index contributed by atoms with van der Waals surface area (Å²) in [5.74, 6) is -0.717. The molecule has 0 radical (unpaired) electrons. The lowest BCUT2D eigenvalue weighted by Gasteiger charge is -2.28. The summed E-state index contributed by atoms with van der Waals surface area (Å²) in [5, 5.41) is 19.5. The molecule has 3 heterocycles. The molecule has 2 aliphatic rings. The zero-order valence-electron chi connectivity index (χ0n) is 18.6. The molecular weight excluding hydrogens is 422 g/mol. The molecule has 31 heavy (non-hydrogen) atoms. The maximum absolute atomic E-state index is 11.6. The van der Waals surface area contributed by atoms with Crippen molar-refractivity contribution < 1.29 is 22.5 Å². The first-order valence-electron chi connectivity index (χ1n) is 10.4. The van der Waals surface area contributed by atoms with E-state index >= 15 is 0 Å². The summed E-state index contributed by atoms with van der Waals surface area (Å²) in [5.41, 5.74) is 1.83. The molecule has 0 saturated carbocycles. The highest BCUT2D eigenvalue weighted by atomic mass is 32.2. The van der Waals surface area contributed by atoms with Gasteiger partial charge in [0.15, 0.2) is 0 Å². The lowest BCUT2D eigenvalue weighted by molar-refractivity contribution is -0.149. The summed E-state index contributed by atoms with van der Waals surface area (Å²) in [6, 6.07) is 3.09.